The Labute approximate surface area is 167 Å². The van der Waals surface area contributed by atoms with Gasteiger partial charge in [0, 0.05) is 53.6 Å². The van der Waals surface area contributed by atoms with Gasteiger partial charge in [-0.1, -0.05) is 6.07 Å². The van der Waals surface area contributed by atoms with Gasteiger partial charge in [0.15, 0.2) is 0 Å². The van der Waals surface area contributed by atoms with Crippen molar-refractivity contribution in [2.75, 3.05) is 25.0 Å². The van der Waals surface area contributed by atoms with Crippen molar-refractivity contribution in [3.8, 4) is 28.1 Å². The van der Waals surface area contributed by atoms with E-state index in [9.17, 15) is 5.11 Å². The van der Waals surface area contributed by atoms with Crippen LogP contribution in [0.5, 0.6) is 5.75 Å². The molecule has 2 aliphatic heterocycles. The third-order valence-electron chi connectivity index (χ3n) is 5.87. The van der Waals surface area contributed by atoms with Crippen LogP contribution in [0.25, 0.3) is 22.4 Å². The van der Waals surface area contributed by atoms with Gasteiger partial charge in [-0.3, -0.25) is 9.58 Å². The van der Waals surface area contributed by atoms with E-state index in [4.69, 9.17) is 4.11 Å². The molecule has 2 aliphatic rings. The van der Waals surface area contributed by atoms with Crippen molar-refractivity contribution >= 4 is 5.95 Å². The van der Waals surface area contributed by atoms with E-state index in [1.807, 2.05) is 0 Å². The lowest BCUT2D eigenvalue weighted by atomic mass is 10.0. The molecular formula is C20H23N7O. The molecule has 0 spiro atoms. The molecule has 1 N–H and O–H groups in total. The predicted molar refractivity (Wildman–Crippen MR) is 106 cm³/mol. The number of anilines is 1. The number of aromatic hydroxyl groups is 1. The number of hydrogen-bond acceptors (Lipinski definition) is 7. The molecule has 28 heavy (non-hydrogen) atoms. The molecule has 2 fully saturated rings. The van der Waals surface area contributed by atoms with Gasteiger partial charge in [0.05, 0.1) is 12.4 Å². The molecule has 0 amide bonds. The van der Waals surface area contributed by atoms with E-state index >= 15 is 0 Å². The number of likely N-dealkylation sites (N-methyl/N-ethyl adjacent to an activating group) is 1. The molecule has 0 aliphatic carbocycles. The Morgan fingerprint density at radius 3 is 2.57 bits per heavy atom. The lowest BCUT2D eigenvalue weighted by Crippen LogP contribution is -2.52. The second kappa shape index (κ2) is 6.56. The van der Waals surface area contributed by atoms with Crippen molar-refractivity contribution in [1.82, 2.24) is 29.9 Å². The quantitative estimate of drug-likeness (QED) is 0.743. The van der Waals surface area contributed by atoms with Crippen LogP contribution >= 0.6 is 0 Å². The molecule has 2 bridgehead atoms. The van der Waals surface area contributed by atoms with E-state index in [-0.39, 0.29) is 5.75 Å². The van der Waals surface area contributed by atoms with E-state index in [1.165, 1.54) is 25.2 Å². The number of phenols is 1. The molecule has 1 aromatic carbocycles. The molecule has 0 radical (unpaired) electrons. The fourth-order valence-corrected chi connectivity index (χ4v) is 4.21. The third kappa shape index (κ3) is 2.90. The molecule has 0 saturated carbocycles. The molecule has 8 heteroatoms. The van der Waals surface area contributed by atoms with Crippen LogP contribution in [0.1, 0.15) is 17.0 Å². The Balaban J connectivity index is 1.35. The summed E-state index contributed by atoms with van der Waals surface area (Å²) >= 11 is 0. The molecule has 8 nitrogen and oxygen atoms in total. The fourth-order valence-electron chi connectivity index (χ4n) is 4.21. The predicted octanol–water partition coefficient (Wildman–Crippen LogP) is 1.93. The SMILES string of the molecule is [2H]C([2H])([2H])n1cc(-c2ccc(-c3cnc(N4CC5CCC(C4)N5C)nn3)c(O)c2)cn1. The van der Waals surface area contributed by atoms with Crippen molar-refractivity contribution in [2.24, 2.45) is 6.98 Å². The van der Waals surface area contributed by atoms with Crippen molar-refractivity contribution < 1.29 is 9.22 Å². The lowest BCUT2D eigenvalue weighted by molar-refractivity contribution is 0.211. The molecule has 2 saturated heterocycles. The average molecular weight is 380 g/mol. The first kappa shape index (κ1) is 14.1. The number of hydrogen-bond donors (Lipinski definition) is 1. The number of rotatable bonds is 3. The minimum Gasteiger partial charge on any atom is -0.507 e. The molecule has 5 rings (SSSR count). The van der Waals surface area contributed by atoms with Crippen LogP contribution in [0.3, 0.4) is 0 Å². The second-order valence-corrected chi connectivity index (χ2v) is 7.50. The first-order valence-corrected chi connectivity index (χ1v) is 9.35. The Bertz CT molecular complexity index is 1080. The Morgan fingerprint density at radius 1 is 1.11 bits per heavy atom. The lowest BCUT2D eigenvalue weighted by Gasteiger charge is -2.38. The van der Waals surface area contributed by atoms with E-state index in [0.29, 0.717) is 40.4 Å². The van der Waals surface area contributed by atoms with Crippen LogP contribution < -0.4 is 4.90 Å². The highest BCUT2D eigenvalue weighted by atomic mass is 16.3. The summed E-state index contributed by atoms with van der Waals surface area (Å²) in [4.78, 5) is 9.13. The summed E-state index contributed by atoms with van der Waals surface area (Å²) in [5.74, 6) is 0.627. The van der Waals surface area contributed by atoms with Crippen LogP contribution in [0.15, 0.2) is 36.8 Å². The van der Waals surface area contributed by atoms with Gasteiger partial charge in [0.2, 0.25) is 5.95 Å². The first-order valence-electron chi connectivity index (χ1n) is 10.8. The third-order valence-corrected chi connectivity index (χ3v) is 5.87. The summed E-state index contributed by atoms with van der Waals surface area (Å²) in [6.45, 7) is -0.539. The smallest absolute Gasteiger partial charge is 0.245 e. The van der Waals surface area contributed by atoms with Gasteiger partial charge in [-0.2, -0.15) is 5.10 Å². The van der Waals surface area contributed by atoms with Crippen LogP contribution in [-0.2, 0) is 6.98 Å². The summed E-state index contributed by atoms with van der Waals surface area (Å²) in [5, 5.41) is 23.0. The molecule has 2 aromatic heterocycles. The number of aromatic nitrogens is 5. The average Bonchev–Trinajstić information content (AvgIpc) is 3.30. The van der Waals surface area contributed by atoms with Gasteiger partial charge in [-0.25, -0.2) is 4.98 Å². The van der Waals surface area contributed by atoms with Gasteiger partial charge >= 0.3 is 0 Å². The van der Waals surface area contributed by atoms with E-state index in [1.54, 1.807) is 24.4 Å². The zero-order chi connectivity index (χ0) is 21.8. The number of phenolic OH excluding ortho intramolecular Hbond substituents is 1. The second-order valence-electron chi connectivity index (χ2n) is 7.50. The van der Waals surface area contributed by atoms with Crippen molar-refractivity contribution in [2.45, 2.75) is 24.9 Å². The minimum atomic E-state index is -2.34. The first-order chi connectivity index (χ1) is 14.8. The number of benzene rings is 1. The highest BCUT2D eigenvalue weighted by Gasteiger charge is 2.38. The van der Waals surface area contributed by atoms with Crippen LogP contribution in [0.4, 0.5) is 5.95 Å². The Hall–Kier alpha value is -3.00. The highest BCUT2D eigenvalue weighted by molar-refractivity contribution is 5.73. The van der Waals surface area contributed by atoms with Gasteiger partial charge in [0.1, 0.15) is 11.4 Å². The highest BCUT2D eigenvalue weighted by Crippen LogP contribution is 2.33. The summed E-state index contributed by atoms with van der Waals surface area (Å²) in [7, 11) is 2.18. The van der Waals surface area contributed by atoms with Crippen molar-refractivity contribution in [3.63, 3.8) is 0 Å². The maximum absolute atomic E-state index is 10.5. The zero-order valence-electron chi connectivity index (χ0n) is 18.5. The van der Waals surface area contributed by atoms with Gasteiger partial charge < -0.3 is 10.0 Å². The van der Waals surface area contributed by atoms with E-state index in [2.05, 4.69) is 37.1 Å². The topological polar surface area (TPSA) is 83.2 Å². The minimum absolute atomic E-state index is 0.0145. The van der Waals surface area contributed by atoms with Gasteiger partial charge in [-0.05, 0) is 37.6 Å². The van der Waals surface area contributed by atoms with Crippen LogP contribution in [0.2, 0.25) is 0 Å². The van der Waals surface area contributed by atoms with Crippen molar-refractivity contribution in [3.05, 3.63) is 36.8 Å². The monoisotopic (exact) mass is 380 g/mol. The number of fused-ring (bicyclic) bond motifs is 2. The zero-order valence-corrected chi connectivity index (χ0v) is 15.5. The molecule has 2 unspecified atom stereocenters. The van der Waals surface area contributed by atoms with Gasteiger partial charge in [-0.15, -0.1) is 10.2 Å². The summed E-state index contributed by atoms with van der Waals surface area (Å²) in [6.07, 6.45) is 6.92. The maximum atomic E-state index is 10.5. The molecule has 2 atom stereocenters. The summed E-state index contributed by atoms with van der Waals surface area (Å²) < 4.78 is 23.2. The normalized spacial score (nSPS) is 24.0. The van der Waals surface area contributed by atoms with Crippen LogP contribution in [0, 0.1) is 0 Å². The van der Waals surface area contributed by atoms with Crippen LogP contribution in [-0.4, -0.2) is 67.2 Å². The largest absolute Gasteiger partial charge is 0.507 e. The summed E-state index contributed by atoms with van der Waals surface area (Å²) in [5.41, 5.74) is 2.24. The molecular weight excluding hydrogens is 354 g/mol. The number of nitrogens with zero attached hydrogens (tertiary/aromatic N) is 7. The van der Waals surface area contributed by atoms with Gasteiger partial charge in [0.25, 0.3) is 0 Å². The fraction of sp³-hybridized carbons (Fsp3) is 0.400. The van der Waals surface area contributed by atoms with E-state index < -0.39 is 6.98 Å². The Morgan fingerprint density at radius 2 is 1.93 bits per heavy atom. The summed E-state index contributed by atoms with van der Waals surface area (Å²) in [6, 6.07) is 6.13. The molecule has 4 heterocycles. The Kier molecular flexibility index (Phi) is 3.29. The number of aryl methyl sites for hydroxylation is 1. The maximum Gasteiger partial charge on any atom is 0.245 e. The standard InChI is InChI=1S/C20H23N7O/c1-25-10-14(8-22-25)13-3-6-17(19(28)7-13)18-9-21-20(24-23-18)27-11-15-4-5-16(12-27)26(15)2/h3,6-10,15-16,28H,4-5,11-12H2,1-2H3/i1D3. The molecule has 3 aromatic rings. The van der Waals surface area contributed by atoms with Crippen molar-refractivity contribution in [1.29, 1.82) is 0 Å². The number of piperazine rings is 1. The van der Waals surface area contributed by atoms with E-state index in [0.717, 1.165) is 17.8 Å². The molecule has 144 valence electrons.